The quantitative estimate of drug-likeness (QED) is 0.644. The third kappa shape index (κ3) is 3.84. The number of amides is 1. The summed E-state index contributed by atoms with van der Waals surface area (Å²) in [6, 6.07) is 13.4. The molecule has 4 rings (SSSR count). The first-order valence-electron chi connectivity index (χ1n) is 9.63. The Labute approximate surface area is 177 Å². The molecule has 0 fully saturated rings. The van der Waals surface area contributed by atoms with E-state index in [2.05, 4.69) is 17.2 Å². The van der Waals surface area contributed by atoms with E-state index >= 15 is 0 Å². The lowest BCUT2D eigenvalue weighted by molar-refractivity contribution is -0.116. The number of hydrogen-bond acceptors (Lipinski definition) is 5. The second kappa shape index (κ2) is 8.12. The van der Waals surface area contributed by atoms with Crippen molar-refractivity contribution in [1.82, 2.24) is 4.57 Å². The molecule has 1 aliphatic heterocycles. The van der Waals surface area contributed by atoms with Crippen molar-refractivity contribution in [3.63, 3.8) is 0 Å². The molecule has 0 aliphatic carbocycles. The van der Waals surface area contributed by atoms with E-state index in [0.717, 1.165) is 50.3 Å². The van der Waals surface area contributed by atoms with Gasteiger partial charge in [-0.15, -0.1) is 0 Å². The first kappa shape index (κ1) is 19.8. The number of allylic oxidation sites excluding steroid dienone is 1. The third-order valence-electron chi connectivity index (χ3n) is 4.93. The Morgan fingerprint density at radius 2 is 2.07 bits per heavy atom. The van der Waals surface area contributed by atoms with Crippen molar-refractivity contribution in [3.8, 4) is 5.88 Å². The normalized spacial score (nSPS) is 13.6. The summed E-state index contributed by atoms with van der Waals surface area (Å²) in [5, 5.41) is 13.3. The molecule has 3 aromatic rings. The monoisotopic (exact) mass is 419 g/mol. The van der Waals surface area contributed by atoms with Gasteiger partial charge < -0.3 is 10.4 Å². The van der Waals surface area contributed by atoms with Crippen molar-refractivity contribution < 1.29 is 9.90 Å². The molecule has 2 aromatic carbocycles. The molecule has 1 aromatic heterocycles. The van der Waals surface area contributed by atoms with Gasteiger partial charge in [-0.05, 0) is 42.7 Å². The second-order valence-electron chi connectivity index (χ2n) is 7.08. The highest BCUT2D eigenvalue weighted by atomic mass is 32.1. The van der Waals surface area contributed by atoms with Crippen molar-refractivity contribution in [2.75, 3.05) is 5.32 Å². The molecule has 0 atom stereocenters. The van der Waals surface area contributed by atoms with E-state index < -0.39 is 4.87 Å². The maximum absolute atomic E-state index is 12.4. The van der Waals surface area contributed by atoms with E-state index in [1.165, 1.54) is 0 Å². The molecule has 30 heavy (non-hydrogen) atoms. The summed E-state index contributed by atoms with van der Waals surface area (Å²) in [6.07, 6.45) is 4.35. The van der Waals surface area contributed by atoms with Crippen LogP contribution in [0.2, 0.25) is 0 Å². The summed E-state index contributed by atoms with van der Waals surface area (Å²) < 4.78 is 1.08. The number of anilines is 1. The van der Waals surface area contributed by atoms with Gasteiger partial charge in [0.25, 0.3) is 0 Å². The Balaban J connectivity index is 1.58. The Morgan fingerprint density at radius 1 is 1.27 bits per heavy atom. The number of benzene rings is 2. The van der Waals surface area contributed by atoms with Gasteiger partial charge in [0.15, 0.2) is 0 Å². The molecule has 1 amide bonds. The number of carbonyl (C=O) groups excluding carboxylic acids is 1. The predicted octanol–water partition coefficient (Wildman–Crippen LogP) is 4.38. The van der Waals surface area contributed by atoms with E-state index in [-0.39, 0.29) is 18.3 Å². The lowest BCUT2D eigenvalue weighted by Crippen LogP contribution is -2.24. The number of fused-ring (bicyclic) bond motifs is 1. The Bertz CT molecular complexity index is 1250. The number of aromatic nitrogens is 1. The van der Waals surface area contributed by atoms with Crippen molar-refractivity contribution in [1.29, 1.82) is 0 Å². The maximum Gasteiger partial charge on any atom is 0.311 e. The number of aryl methyl sites for hydroxylation is 2. The van der Waals surface area contributed by atoms with Gasteiger partial charge in [-0.25, -0.2) is 0 Å². The molecule has 1 aliphatic rings. The van der Waals surface area contributed by atoms with Gasteiger partial charge in [-0.3, -0.25) is 19.1 Å². The highest BCUT2D eigenvalue weighted by Gasteiger charge is 2.19. The zero-order chi connectivity index (χ0) is 21.3. The molecule has 0 bridgehead atoms. The summed E-state index contributed by atoms with van der Waals surface area (Å²) in [7, 11) is 0. The van der Waals surface area contributed by atoms with Gasteiger partial charge >= 0.3 is 4.87 Å². The minimum Gasteiger partial charge on any atom is -0.493 e. The van der Waals surface area contributed by atoms with E-state index in [0.29, 0.717) is 10.6 Å². The first-order valence-corrected chi connectivity index (χ1v) is 10.4. The molecule has 0 saturated heterocycles. The highest BCUT2D eigenvalue weighted by Crippen LogP contribution is 2.37. The number of nitrogens with zero attached hydrogens (tertiary/aromatic N) is 2. The summed E-state index contributed by atoms with van der Waals surface area (Å²) in [5.41, 5.74) is 5.54. The molecule has 2 N–H and O–H groups in total. The van der Waals surface area contributed by atoms with Crippen LogP contribution >= 0.6 is 11.3 Å². The number of thiazole rings is 1. The fraction of sp³-hybridized carbons (Fsp3) is 0.174. The molecular weight excluding hydrogens is 398 g/mol. The Hall–Kier alpha value is -3.45. The average Bonchev–Trinajstić information content (AvgIpc) is 3.24. The van der Waals surface area contributed by atoms with Crippen molar-refractivity contribution in [2.45, 2.75) is 26.8 Å². The molecular formula is C23H21N3O3S. The van der Waals surface area contributed by atoms with E-state index in [4.69, 9.17) is 0 Å². The Kier molecular flexibility index (Phi) is 5.37. The number of hydrogen-bond donors (Lipinski definition) is 2. The topological polar surface area (TPSA) is 83.7 Å². The molecule has 6 nitrogen and oxygen atoms in total. The van der Waals surface area contributed by atoms with Crippen LogP contribution < -0.4 is 10.2 Å². The van der Waals surface area contributed by atoms with Gasteiger partial charge in [0.2, 0.25) is 11.8 Å². The molecule has 0 spiro atoms. The van der Waals surface area contributed by atoms with E-state index in [1.807, 2.05) is 43.3 Å². The Morgan fingerprint density at radius 3 is 2.83 bits per heavy atom. The minimum absolute atomic E-state index is 0.217. The molecule has 7 heteroatoms. The number of carbonyl (C=O) groups is 1. The standard InChI is InChI=1S/C23H21N3O3S/c1-3-15-7-5-9-18-16(12-24-21(15)18)11-19-22(28)26(23(29)30-19)13-20(27)25-17-8-4-6-14(2)10-17/h4-12,28H,3,13H2,1-2H3,(H,25,27)/b16-11+. The number of rotatable bonds is 5. The molecule has 2 heterocycles. The zero-order valence-corrected chi connectivity index (χ0v) is 17.5. The van der Waals surface area contributed by atoms with Gasteiger partial charge in [-0.2, -0.15) is 0 Å². The first-order chi connectivity index (χ1) is 14.5. The number of para-hydroxylation sites is 1. The van der Waals surface area contributed by atoms with Crippen LogP contribution in [0.4, 0.5) is 11.4 Å². The van der Waals surface area contributed by atoms with Crippen molar-refractivity contribution >= 4 is 46.5 Å². The SMILES string of the molecule is CCc1cccc2c1N=C/C2=C\c1sc(=O)n(CC(=O)Nc2cccc(C)c2)c1O. The van der Waals surface area contributed by atoms with Gasteiger partial charge in [0.05, 0.1) is 10.6 Å². The van der Waals surface area contributed by atoms with Gasteiger partial charge in [-0.1, -0.05) is 48.6 Å². The summed E-state index contributed by atoms with van der Waals surface area (Å²) in [5.74, 6) is -0.597. The van der Waals surface area contributed by atoms with Crippen molar-refractivity contribution in [3.05, 3.63) is 73.7 Å². The van der Waals surface area contributed by atoms with Crippen LogP contribution in [0.5, 0.6) is 5.88 Å². The smallest absolute Gasteiger partial charge is 0.311 e. The van der Waals surface area contributed by atoms with Crippen LogP contribution in [-0.4, -0.2) is 21.8 Å². The molecule has 0 radical (unpaired) electrons. The fourth-order valence-electron chi connectivity index (χ4n) is 3.44. The summed E-state index contributed by atoms with van der Waals surface area (Å²) in [6.45, 7) is 3.74. The lowest BCUT2D eigenvalue weighted by Gasteiger charge is -2.07. The largest absolute Gasteiger partial charge is 0.493 e. The van der Waals surface area contributed by atoms with Crippen LogP contribution in [-0.2, 0) is 17.8 Å². The third-order valence-corrected chi connectivity index (χ3v) is 5.84. The predicted molar refractivity (Wildman–Crippen MR) is 122 cm³/mol. The van der Waals surface area contributed by atoms with Crippen LogP contribution in [0.3, 0.4) is 0 Å². The molecule has 0 saturated carbocycles. The van der Waals surface area contributed by atoms with Crippen LogP contribution in [0.1, 0.15) is 28.5 Å². The van der Waals surface area contributed by atoms with Crippen LogP contribution in [0.25, 0.3) is 11.6 Å². The molecule has 0 unspecified atom stereocenters. The fourth-order valence-corrected chi connectivity index (χ4v) is 4.27. The van der Waals surface area contributed by atoms with Gasteiger partial charge in [0.1, 0.15) is 6.54 Å². The van der Waals surface area contributed by atoms with Crippen LogP contribution in [0.15, 0.2) is 52.3 Å². The lowest BCUT2D eigenvalue weighted by atomic mass is 10.0. The highest BCUT2D eigenvalue weighted by molar-refractivity contribution is 7.10. The number of aliphatic imine (C=N–C) groups is 1. The second-order valence-corrected chi connectivity index (χ2v) is 8.08. The van der Waals surface area contributed by atoms with Crippen LogP contribution in [0, 0.1) is 6.92 Å². The molecule has 152 valence electrons. The summed E-state index contributed by atoms with van der Waals surface area (Å²) in [4.78, 5) is 29.3. The van der Waals surface area contributed by atoms with Gasteiger partial charge in [0, 0.05) is 23.0 Å². The van der Waals surface area contributed by atoms with E-state index in [1.54, 1.807) is 18.4 Å². The minimum atomic E-state index is -0.392. The number of nitrogens with one attached hydrogen (secondary N) is 1. The number of aromatic hydroxyl groups is 1. The average molecular weight is 420 g/mol. The summed E-state index contributed by atoms with van der Waals surface area (Å²) >= 11 is 0.903. The van der Waals surface area contributed by atoms with Crippen molar-refractivity contribution in [2.24, 2.45) is 4.99 Å². The zero-order valence-electron chi connectivity index (χ0n) is 16.7. The maximum atomic E-state index is 12.4. The van der Waals surface area contributed by atoms with E-state index in [9.17, 15) is 14.7 Å².